The van der Waals surface area contributed by atoms with Crippen LogP contribution in [0.15, 0.2) is 56.5 Å². The highest BCUT2D eigenvalue weighted by Crippen LogP contribution is 2.26. The number of nitrogens with zero attached hydrogens (tertiary/aromatic N) is 3. The number of hydrogen-bond donors (Lipinski definition) is 2. The van der Waals surface area contributed by atoms with Crippen LogP contribution in [0.25, 0.3) is 22.0 Å². The lowest BCUT2D eigenvalue weighted by molar-refractivity contribution is -0.192. The Labute approximate surface area is 222 Å². The van der Waals surface area contributed by atoms with Gasteiger partial charge in [-0.2, -0.15) is 13.2 Å². The Morgan fingerprint density at radius 3 is 2.45 bits per heavy atom. The van der Waals surface area contributed by atoms with Gasteiger partial charge >= 0.3 is 17.9 Å². The summed E-state index contributed by atoms with van der Waals surface area (Å²) >= 11 is 0. The molecule has 1 saturated heterocycles. The van der Waals surface area contributed by atoms with E-state index >= 15 is 0 Å². The summed E-state index contributed by atoms with van der Waals surface area (Å²) in [7, 11) is 0. The number of fused-ring (bicyclic) bond motifs is 2. The van der Waals surface area contributed by atoms with E-state index in [4.69, 9.17) is 14.3 Å². The molecule has 3 heterocycles. The average molecular weight is 564 g/mol. The van der Waals surface area contributed by atoms with Crippen LogP contribution in [0.5, 0.6) is 0 Å². The molecule has 1 aliphatic rings. The van der Waals surface area contributed by atoms with Crippen LogP contribution in [0.4, 0.5) is 17.6 Å². The second-order valence-corrected chi connectivity index (χ2v) is 9.15. The molecule has 0 saturated carbocycles. The molecule has 212 valence electrons. The van der Waals surface area contributed by atoms with Gasteiger partial charge in [0.1, 0.15) is 11.6 Å². The number of carboxylic acids is 1. The Kier molecular flexibility index (Phi) is 8.35. The summed E-state index contributed by atoms with van der Waals surface area (Å²) in [6, 6.07) is 11.1. The minimum absolute atomic E-state index is 0.0445. The number of carbonyl (C=O) groups is 2. The monoisotopic (exact) mass is 564 g/mol. The maximum Gasteiger partial charge on any atom is 0.490 e. The van der Waals surface area contributed by atoms with Gasteiger partial charge in [-0.3, -0.25) is 14.2 Å². The number of halogens is 4. The highest BCUT2D eigenvalue weighted by atomic mass is 19.4. The summed E-state index contributed by atoms with van der Waals surface area (Å²) < 4.78 is 51.9. The number of aliphatic carboxylic acids is 1. The number of hydrogen-bond acceptors (Lipinski definition) is 6. The first-order valence-electron chi connectivity index (χ1n) is 12.3. The number of benzene rings is 2. The van der Waals surface area contributed by atoms with E-state index in [-0.39, 0.29) is 23.1 Å². The normalized spacial score (nSPS) is 14.2. The number of H-pyrrole nitrogens is 1. The Morgan fingerprint density at radius 1 is 1.10 bits per heavy atom. The van der Waals surface area contributed by atoms with Crippen LogP contribution in [0.2, 0.25) is 0 Å². The van der Waals surface area contributed by atoms with E-state index in [1.165, 1.54) is 12.1 Å². The number of likely N-dealkylation sites (tertiary alicyclic amines) is 1. The van der Waals surface area contributed by atoms with E-state index < -0.39 is 23.7 Å². The molecule has 0 radical (unpaired) electrons. The zero-order chi connectivity index (χ0) is 29.0. The molecule has 2 N–H and O–H groups in total. The third kappa shape index (κ3) is 6.55. The van der Waals surface area contributed by atoms with Crippen LogP contribution in [-0.2, 0) is 16.0 Å². The van der Waals surface area contributed by atoms with Crippen molar-refractivity contribution >= 4 is 33.9 Å². The van der Waals surface area contributed by atoms with Gasteiger partial charge in [-0.25, -0.2) is 19.0 Å². The molecule has 0 bridgehead atoms. The molecule has 1 amide bonds. The van der Waals surface area contributed by atoms with Crippen molar-refractivity contribution in [3.05, 3.63) is 75.0 Å². The van der Waals surface area contributed by atoms with Gasteiger partial charge in [-0.05, 0) is 43.5 Å². The van der Waals surface area contributed by atoms with Crippen molar-refractivity contribution < 1.29 is 36.7 Å². The fraction of sp³-hybridized carbons (Fsp3) is 0.346. The summed E-state index contributed by atoms with van der Waals surface area (Å²) in [6.45, 7) is 1.07. The van der Waals surface area contributed by atoms with Crippen molar-refractivity contribution in [2.75, 3.05) is 13.1 Å². The predicted molar refractivity (Wildman–Crippen MR) is 134 cm³/mol. The van der Waals surface area contributed by atoms with Crippen LogP contribution < -0.4 is 11.3 Å². The zero-order valence-corrected chi connectivity index (χ0v) is 20.9. The van der Waals surface area contributed by atoms with Crippen molar-refractivity contribution in [3.63, 3.8) is 0 Å². The van der Waals surface area contributed by atoms with Gasteiger partial charge in [-0.15, -0.1) is 0 Å². The molecule has 40 heavy (non-hydrogen) atoms. The lowest BCUT2D eigenvalue weighted by Crippen LogP contribution is -2.40. The average Bonchev–Trinajstić information content (AvgIpc) is 3.23. The van der Waals surface area contributed by atoms with Gasteiger partial charge in [0.2, 0.25) is 5.91 Å². The number of aryl methyl sites for hydroxylation is 1. The third-order valence-electron chi connectivity index (χ3n) is 6.47. The summed E-state index contributed by atoms with van der Waals surface area (Å²) in [6.07, 6.45) is -2.39. The van der Waals surface area contributed by atoms with Crippen LogP contribution in [0, 0.1) is 5.82 Å². The molecule has 0 spiro atoms. The Hall–Kier alpha value is -4.49. The van der Waals surface area contributed by atoms with Crippen molar-refractivity contribution in [1.82, 2.24) is 19.4 Å². The minimum Gasteiger partial charge on any atom is -0.475 e. The van der Waals surface area contributed by atoms with E-state index in [2.05, 4.69) is 9.97 Å². The molecule has 1 fully saturated rings. The maximum absolute atomic E-state index is 13.4. The lowest BCUT2D eigenvalue weighted by atomic mass is 10.0. The Bertz CT molecular complexity index is 1650. The van der Waals surface area contributed by atoms with Gasteiger partial charge < -0.3 is 19.4 Å². The third-order valence-corrected chi connectivity index (χ3v) is 6.47. The predicted octanol–water partition coefficient (Wildman–Crippen LogP) is 3.79. The zero-order valence-electron chi connectivity index (χ0n) is 20.9. The van der Waals surface area contributed by atoms with E-state index in [0.717, 1.165) is 0 Å². The summed E-state index contributed by atoms with van der Waals surface area (Å²) in [5.74, 6) is -3.09. The first-order valence-corrected chi connectivity index (χ1v) is 12.3. The summed E-state index contributed by atoms with van der Waals surface area (Å²) in [4.78, 5) is 55.1. The molecule has 4 aromatic rings. The van der Waals surface area contributed by atoms with E-state index in [0.29, 0.717) is 67.4 Å². The number of alkyl halides is 3. The van der Waals surface area contributed by atoms with E-state index in [1.54, 1.807) is 33.7 Å². The lowest BCUT2D eigenvalue weighted by Gasteiger charge is -2.32. The molecular formula is C26H24F4N4O6. The van der Waals surface area contributed by atoms with Gasteiger partial charge in [0, 0.05) is 38.0 Å². The number of aromatic nitrogens is 3. The quantitative estimate of drug-likeness (QED) is 0.352. The molecule has 10 nitrogen and oxygen atoms in total. The Balaban J connectivity index is 0.000000470. The van der Waals surface area contributed by atoms with Gasteiger partial charge in [-0.1, -0.05) is 12.1 Å². The number of piperidine rings is 1. The van der Waals surface area contributed by atoms with Crippen molar-refractivity contribution in [2.24, 2.45) is 0 Å². The van der Waals surface area contributed by atoms with Crippen molar-refractivity contribution in [3.8, 4) is 0 Å². The summed E-state index contributed by atoms with van der Waals surface area (Å²) in [5.41, 5.74) is 1.28. The standard InChI is InChI=1S/C24H23FN4O4.C2HF3O2/c25-15-8-9-19-20(14-15)33-24(32)29(19)16-10-12-28(13-11-16)22(30)7-3-6-21-26-18-5-2-1-4-17(18)23(31)27-21;3-2(4,5)1(6)7/h1-2,4-5,8-9,14,16H,3,6-7,10-13H2,(H,26,27,31);(H,6,7). The molecule has 14 heteroatoms. The number of carbonyl (C=O) groups excluding carboxylic acids is 1. The number of carboxylic acid groups (broad SMARTS) is 1. The van der Waals surface area contributed by atoms with Crippen LogP contribution in [0.1, 0.15) is 37.5 Å². The fourth-order valence-corrected chi connectivity index (χ4v) is 4.55. The number of oxazole rings is 1. The van der Waals surface area contributed by atoms with Crippen molar-refractivity contribution in [2.45, 2.75) is 44.3 Å². The van der Waals surface area contributed by atoms with Gasteiger partial charge in [0.05, 0.1) is 16.4 Å². The molecule has 2 aromatic carbocycles. The van der Waals surface area contributed by atoms with Gasteiger partial charge in [0.15, 0.2) is 5.58 Å². The summed E-state index contributed by atoms with van der Waals surface area (Å²) in [5, 5.41) is 7.68. The highest BCUT2D eigenvalue weighted by molar-refractivity contribution is 5.77. The number of rotatable bonds is 5. The van der Waals surface area contributed by atoms with Gasteiger partial charge in [0.25, 0.3) is 5.56 Å². The highest BCUT2D eigenvalue weighted by Gasteiger charge is 2.38. The maximum atomic E-state index is 13.4. The van der Waals surface area contributed by atoms with E-state index in [9.17, 15) is 31.9 Å². The first-order chi connectivity index (χ1) is 18.9. The molecule has 0 atom stereocenters. The Morgan fingerprint density at radius 2 is 1.77 bits per heavy atom. The molecule has 0 unspecified atom stereocenters. The number of para-hydroxylation sites is 1. The SMILES string of the molecule is O=C(CCCc1nc2ccccc2c(=O)[nH]1)N1CCC(n2c(=O)oc3cc(F)ccc32)CC1.O=C(O)C(F)(F)F. The molecular weight excluding hydrogens is 540 g/mol. The fourth-order valence-electron chi connectivity index (χ4n) is 4.55. The van der Waals surface area contributed by atoms with Crippen molar-refractivity contribution in [1.29, 1.82) is 0 Å². The van der Waals surface area contributed by atoms with Crippen LogP contribution in [-0.4, -0.2) is 55.7 Å². The number of nitrogens with one attached hydrogen (secondary N) is 1. The smallest absolute Gasteiger partial charge is 0.475 e. The van der Waals surface area contributed by atoms with E-state index in [1.807, 2.05) is 6.07 Å². The second kappa shape index (κ2) is 11.7. The molecule has 0 aliphatic carbocycles. The van der Waals surface area contributed by atoms with Crippen LogP contribution >= 0.6 is 0 Å². The topological polar surface area (TPSA) is 138 Å². The number of amides is 1. The minimum atomic E-state index is -5.08. The molecule has 1 aliphatic heterocycles. The second-order valence-electron chi connectivity index (χ2n) is 9.15. The largest absolute Gasteiger partial charge is 0.490 e. The molecule has 2 aromatic heterocycles. The molecule has 5 rings (SSSR count). The van der Waals surface area contributed by atoms with Crippen LogP contribution in [0.3, 0.4) is 0 Å². The first kappa shape index (κ1) is 28.5. The number of aromatic amines is 1.